The third kappa shape index (κ3) is 2.71. The van der Waals surface area contributed by atoms with Crippen LogP contribution in [0.2, 0.25) is 0 Å². The van der Waals surface area contributed by atoms with Crippen LogP contribution in [0.5, 0.6) is 0 Å². The number of rotatable bonds is 3. The SMILES string of the molecule is COC(=O)c1cc(C(=O)O)cc(N2CCCNC2=O)c1. The van der Waals surface area contributed by atoms with Crippen LogP contribution in [0.4, 0.5) is 10.5 Å². The van der Waals surface area contributed by atoms with E-state index in [9.17, 15) is 14.4 Å². The number of urea groups is 1. The van der Waals surface area contributed by atoms with Gasteiger partial charge in [0.2, 0.25) is 0 Å². The second-order valence-electron chi connectivity index (χ2n) is 4.30. The normalized spacial score (nSPS) is 14.7. The fourth-order valence-electron chi connectivity index (χ4n) is 2.00. The maximum absolute atomic E-state index is 11.8. The molecule has 1 aliphatic heterocycles. The smallest absolute Gasteiger partial charge is 0.337 e. The van der Waals surface area contributed by atoms with E-state index in [1.165, 1.54) is 30.2 Å². The molecule has 2 amide bonds. The van der Waals surface area contributed by atoms with Gasteiger partial charge < -0.3 is 15.2 Å². The molecule has 2 N–H and O–H groups in total. The van der Waals surface area contributed by atoms with Gasteiger partial charge in [-0.25, -0.2) is 14.4 Å². The molecule has 2 rings (SSSR count). The van der Waals surface area contributed by atoms with Crippen molar-refractivity contribution in [2.75, 3.05) is 25.1 Å². The third-order valence-electron chi connectivity index (χ3n) is 2.98. The molecule has 1 fully saturated rings. The number of hydrogen-bond donors (Lipinski definition) is 2. The molecule has 0 atom stereocenters. The van der Waals surface area contributed by atoms with E-state index in [1.54, 1.807) is 0 Å². The molecule has 1 saturated heterocycles. The van der Waals surface area contributed by atoms with Crippen LogP contribution in [-0.2, 0) is 4.74 Å². The number of nitrogens with zero attached hydrogens (tertiary/aromatic N) is 1. The zero-order chi connectivity index (χ0) is 14.7. The van der Waals surface area contributed by atoms with Crippen LogP contribution in [0.25, 0.3) is 0 Å². The van der Waals surface area contributed by atoms with Crippen molar-refractivity contribution in [2.45, 2.75) is 6.42 Å². The van der Waals surface area contributed by atoms with Gasteiger partial charge in [-0.2, -0.15) is 0 Å². The fourth-order valence-corrected chi connectivity index (χ4v) is 2.00. The van der Waals surface area contributed by atoms with Gasteiger partial charge in [0.05, 0.1) is 18.2 Å². The lowest BCUT2D eigenvalue weighted by atomic mass is 10.1. The van der Waals surface area contributed by atoms with Gasteiger partial charge >= 0.3 is 18.0 Å². The fraction of sp³-hybridized carbons (Fsp3) is 0.308. The third-order valence-corrected chi connectivity index (χ3v) is 2.98. The Balaban J connectivity index is 2.45. The summed E-state index contributed by atoms with van der Waals surface area (Å²) in [6.45, 7) is 1.05. The van der Waals surface area contributed by atoms with Crippen molar-refractivity contribution in [1.82, 2.24) is 5.32 Å². The predicted molar refractivity (Wildman–Crippen MR) is 70.1 cm³/mol. The minimum absolute atomic E-state index is 0.0683. The molecule has 0 unspecified atom stereocenters. The van der Waals surface area contributed by atoms with Gasteiger partial charge in [0.1, 0.15) is 0 Å². The van der Waals surface area contributed by atoms with Gasteiger partial charge in [-0.15, -0.1) is 0 Å². The summed E-state index contributed by atoms with van der Waals surface area (Å²) < 4.78 is 4.59. The highest BCUT2D eigenvalue weighted by Crippen LogP contribution is 2.22. The van der Waals surface area contributed by atoms with Crippen LogP contribution < -0.4 is 10.2 Å². The molecule has 1 aromatic carbocycles. The molecule has 0 radical (unpaired) electrons. The number of anilines is 1. The van der Waals surface area contributed by atoms with Crippen molar-refractivity contribution in [3.05, 3.63) is 29.3 Å². The number of ether oxygens (including phenoxy) is 1. The summed E-state index contributed by atoms with van der Waals surface area (Å²) in [6.07, 6.45) is 0.747. The van der Waals surface area contributed by atoms with Crippen LogP contribution in [0.1, 0.15) is 27.1 Å². The Kier molecular flexibility index (Phi) is 3.88. The second-order valence-corrected chi connectivity index (χ2v) is 4.30. The van der Waals surface area contributed by atoms with E-state index in [0.717, 1.165) is 6.42 Å². The number of methoxy groups -OCH3 is 1. The minimum Gasteiger partial charge on any atom is -0.478 e. The van der Waals surface area contributed by atoms with Gasteiger partial charge in [0, 0.05) is 18.8 Å². The van der Waals surface area contributed by atoms with Gasteiger partial charge in [0.15, 0.2) is 0 Å². The summed E-state index contributed by atoms with van der Waals surface area (Å²) in [7, 11) is 1.21. The van der Waals surface area contributed by atoms with E-state index in [4.69, 9.17) is 5.11 Å². The Morgan fingerprint density at radius 1 is 1.30 bits per heavy atom. The van der Waals surface area contributed by atoms with E-state index in [1.807, 2.05) is 0 Å². The van der Waals surface area contributed by atoms with E-state index in [2.05, 4.69) is 10.1 Å². The average Bonchev–Trinajstić information content (AvgIpc) is 2.46. The number of carbonyl (C=O) groups is 3. The summed E-state index contributed by atoms with van der Waals surface area (Å²) in [5, 5.41) is 11.7. The molecule has 1 aliphatic rings. The zero-order valence-corrected chi connectivity index (χ0v) is 10.9. The van der Waals surface area contributed by atoms with Crippen LogP contribution in [0.3, 0.4) is 0 Å². The molecule has 0 aliphatic carbocycles. The summed E-state index contributed by atoms with van der Waals surface area (Å²) >= 11 is 0. The summed E-state index contributed by atoms with van der Waals surface area (Å²) in [6, 6.07) is 3.72. The lowest BCUT2D eigenvalue weighted by Crippen LogP contribution is -2.46. The molecule has 0 bridgehead atoms. The first-order valence-electron chi connectivity index (χ1n) is 6.05. The Morgan fingerprint density at radius 2 is 2.00 bits per heavy atom. The van der Waals surface area contributed by atoms with Gasteiger partial charge in [0.25, 0.3) is 0 Å². The number of nitrogens with one attached hydrogen (secondary N) is 1. The largest absolute Gasteiger partial charge is 0.478 e. The molecule has 1 aromatic rings. The standard InChI is InChI=1S/C13H14N2O5/c1-20-12(18)9-5-8(11(16)17)6-10(7-9)15-4-2-3-14-13(15)19/h5-7H,2-4H2,1H3,(H,14,19)(H,16,17). The quantitative estimate of drug-likeness (QED) is 0.807. The number of carboxylic acid groups (broad SMARTS) is 1. The van der Waals surface area contributed by atoms with Crippen molar-refractivity contribution >= 4 is 23.7 Å². The molecule has 0 saturated carbocycles. The van der Waals surface area contributed by atoms with Crippen molar-refractivity contribution < 1.29 is 24.2 Å². The number of carbonyl (C=O) groups excluding carboxylic acids is 2. The van der Waals surface area contributed by atoms with Gasteiger partial charge in [-0.05, 0) is 24.6 Å². The van der Waals surface area contributed by atoms with Crippen molar-refractivity contribution in [1.29, 1.82) is 0 Å². The van der Waals surface area contributed by atoms with E-state index >= 15 is 0 Å². The van der Waals surface area contributed by atoms with Crippen molar-refractivity contribution in [3.8, 4) is 0 Å². The highest BCUT2D eigenvalue weighted by molar-refractivity contribution is 5.99. The lowest BCUT2D eigenvalue weighted by molar-refractivity contribution is 0.0600. The molecule has 106 valence electrons. The zero-order valence-electron chi connectivity index (χ0n) is 10.9. The molecular formula is C13H14N2O5. The van der Waals surface area contributed by atoms with Crippen molar-refractivity contribution in [3.63, 3.8) is 0 Å². The van der Waals surface area contributed by atoms with Crippen molar-refractivity contribution in [2.24, 2.45) is 0 Å². The number of esters is 1. The van der Waals surface area contributed by atoms with Crippen LogP contribution in [0.15, 0.2) is 18.2 Å². The first kappa shape index (κ1) is 13.9. The molecular weight excluding hydrogens is 264 g/mol. The number of benzene rings is 1. The Bertz CT molecular complexity index is 570. The van der Waals surface area contributed by atoms with Gasteiger partial charge in [-0.1, -0.05) is 0 Å². The average molecular weight is 278 g/mol. The molecule has 0 spiro atoms. The predicted octanol–water partition coefficient (Wildman–Crippen LogP) is 1.09. The highest BCUT2D eigenvalue weighted by Gasteiger charge is 2.22. The maximum atomic E-state index is 11.8. The summed E-state index contributed by atoms with van der Waals surface area (Å²) in [5.41, 5.74) is 0.393. The number of amides is 2. The minimum atomic E-state index is -1.17. The first-order chi connectivity index (χ1) is 9.52. The van der Waals surface area contributed by atoms with E-state index < -0.39 is 11.9 Å². The van der Waals surface area contributed by atoms with E-state index in [-0.39, 0.29) is 17.2 Å². The number of hydrogen-bond acceptors (Lipinski definition) is 4. The molecule has 7 heteroatoms. The molecule has 7 nitrogen and oxygen atoms in total. The summed E-state index contributed by atoms with van der Waals surface area (Å²) in [5.74, 6) is -1.82. The second kappa shape index (κ2) is 5.60. The monoisotopic (exact) mass is 278 g/mol. The summed E-state index contributed by atoms with van der Waals surface area (Å²) in [4.78, 5) is 35.9. The first-order valence-corrected chi connectivity index (χ1v) is 6.05. The highest BCUT2D eigenvalue weighted by atomic mass is 16.5. The molecule has 20 heavy (non-hydrogen) atoms. The lowest BCUT2D eigenvalue weighted by Gasteiger charge is -2.28. The van der Waals surface area contributed by atoms with E-state index in [0.29, 0.717) is 18.8 Å². The Labute approximate surface area is 115 Å². The van der Waals surface area contributed by atoms with Crippen LogP contribution in [0, 0.1) is 0 Å². The van der Waals surface area contributed by atoms with Crippen LogP contribution in [-0.4, -0.2) is 43.3 Å². The Morgan fingerprint density at radius 3 is 2.60 bits per heavy atom. The molecule has 1 heterocycles. The number of carboxylic acids is 1. The molecule has 0 aromatic heterocycles. The topological polar surface area (TPSA) is 95.9 Å². The Hall–Kier alpha value is -2.57. The number of aromatic carboxylic acids is 1. The van der Waals surface area contributed by atoms with Gasteiger partial charge in [-0.3, -0.25) is 4.90 Å². The van der Waals surface area contributed by atoms with Crippen LogP contribution >= 0.6 is 0 Å². The maximum Gasteiger partial charge on any atom is 0.337 e.